The van der Waals surface area contributed by atoms with Gasteiger partial charge >= 0.3 is 0 Å². The van der Waals surface area contributed by atoms with Crippen LogP contribution in [-0.4, -0.2) is 15.9 Å². The van der Waals surface area contributed by atoms with Crippen molar-refractivity contribution in [3.63, 3.8) is 0 Å². The first-order valence-electron chi connectivity index (χ1n) is 1.77. The fourth-order valence-corrected chi connectivity index (χ4v) is 0.548. The number of hydrogen-bond acceptors (Lipinski definition) is 1. The van der Waals surface area contributed by atoms with Gasteiger partial charge in [0.05, 0.1) is 6.61 Å². The lowest BCUT2D eigenvalue weighted by molar-refractivity contribution is 0.192. The summed E-state index contributed by atoms with van der Waals surface area (Å²) in [5, 5.41) is 0. The number of rotatable bonds is 2. The van der Waals surface area contributed by atoms with E-state index in [0.29, 0.717) is 5.52 Å². The predicted molar refractivity (Wildman–Crippen MR) is 40.0 cm³/mol. The summed E-state index contributed by atoms with van der Waals surface area (Å²) in [4.78, 5) is 0. The molecule has 0 fully saturated rings. The van der Waals surface area contributed by atoms with Gasteiger partial charge < -0.3 is 4.74 Å². The van der Waals surface area contributed by atoms with Gasteiger partial charge in [-0.1, -0.05) is 50.7 Å². The van der Waals surface area contributed by atoms with Crippen LogP contribution in [0.4, 0.5) is 0 Å². The fraction of sp³-hybridized carbons (Fsp3) is 1.00. The standard InChI is InChI=1S/C3H4BrCl3O/c4-2-8-1-3(5,6)7/h1-2H2. The topological polar surface area (TPSA) is 9.23 Å². The molecule has 0 aromatic rings. The second-order valence-electron chi connectivity index (χ2n) is 1.07. The van der Waals surface area contributed by atoms with E-state index >= 15 is 0 Å². The van der Waals surface area contributed by atoms with Gasteiger partial charge in [-0.3, -0.25) is 0 Å². The molecular weight excluding hydrogens is 238 g/mol. The van der Waals surface area contributed by atoms with Gasteiger partial charge in [0.1, 0.15) is 5.52 Å². The molecule has 0 aromatic carbocycles. The van der Waals surface area contributed by atoms with Crippen LogP contribution >= 0.6 is 50.7 Å². The summed E-state index contributed by atoms with van der Waals surface area (Å²) in [6.07, 6.45) is 0. The van der Waals surface area contributed by atoms with E-state index in [-0.39, 0.29) is 6.61 Å². The Morgan fingerprint density at radius 2 is 1.88 bits per heavy atom. The zero-order valence-electron chi connectivity index (χ0n) is 3.83. The first kappa shape index (κ1) is 9.31. The Bertz CT molecular complexity index is 62.0. The zero-order chi connectivity index (χ0) is 6.62. The third kappa shape index (κ3) is 7.31. The Labute approximate surface area is 71.4 Å². The quantitative estimate of drug-likeness (QED) is 0.677. The Hall–Kier alpha value is 1.31. The number of ether oxygens (including phenoxy) is 1. The molecule has 0 unspecified atom stereocenters. The maximum Gasteiger partial charge on any atom is 0.213 e. The maximum atomic E-state index is 5.30. The van der Waals surface area contributed by atoms with Crippen molar-refractivity contribution in [2.45, 2.75) is 3.79 Å². The molecule has 0 aliphatic heterocycles. The van der Waals surface area contributed by atoms with Crippen LogP contribution in [0.5, 0.6) is 0 Å². The fourth-order valence-electron chi connectivity index (χ4n) is 0.154. The maximum absolute atomic E-state index is 5.30. The first-order chi connectivity index (χ1) is 3.56. The molecule has 0 atom stereocenters. The second kappa shape index (κ2) is 4.18. The lowest BCUT2D eigenvalue weighted by atomic mass is 10.8. The molecule has 8 heavy (non-hydrogen) atoms. The van der Waals surface area contributed by atoms with Crippen LogP contribution in [0.3, 0.4) is 0 Å². The van der Waals surface area contributed by atoms with Crippen molar-refractivity contribution in [1.82, 2.24) is 0 Å². The molecule has 0 heterocycles. The molecule has 0 rings (SSSR count). The van der Waals surface area contributed by atoms with E-state index < -0.39 is 3.79 Å². The van der Waals surface area contributed by atoms with Gasteiger partial charge in [-0.05, 0) is 0 Å². The van der Waals surface area contributed by atoms with E-state index in [2.05, 4.69) is 15.9 Å². The summed E-state index contributed by atoms with van der Waals surface area (Å²) in [6, 6.07) is 0. The van der Waals surface area contributed by atoms with Crippen LogP contribution < -0.4 is 0 Å². The third-order valence-corrected chi connectivity index (χ3v) is 0.994. The van der Waals surface area contributed by atoms with Crippen LogP contribution in [0.25, 0.3) is 0 Å². The molecule has 0 saturated heterocycles. The van der Waals surface area contributed by atoms with Crippen LogP contribution in [-0.2, 0) is 4.74 Å². The van der Waals surface area contributed by atoms with Gasteiger partial charge in [-0.15, -0.1) is 0 Å². The number of hydrogen-bond donors (Lipinski definition) is 0. The highest BCUT2D eigenvalue weighted by atomic mass is 79.9. The Morgan fingerprint density at radius 3 is 2.00 bits per heavy atom. The monoisotopic (exact) mass is 240 g/mol. The van der Waals surface area contributed by atoms with Crippen LogP contribution in [0.15, 0.2) is 0 Å². The van der Waals surface area contributed by atoms with Crippen molar-refractivity contribution in [2.24, 2.45) is 0 Å². The van der Waals surface area contributed by atoms with Crippen molar-refractivity contribution >= 4 is 50.7 Å². The number of halogens is 4. The van der Waals surface area contributed by atoms with Crippen molar-refractivity contribution in [3.8, 4) is 0 Å². The highest BCUT2D eigenvalue weighted by Crippen LogP contribution is 2.25. The summed E-state index contributed by atoms with van der Waals surface area (Å²) < 4.78 is 3.43. The Kier molecular flexibility index (Phi) is 4.86. The average molecular weight is 242 g/mol. The minimum Gasteiger partial charge on any atom is -0.366 e. The predicted octanol–water partition coefficient (Wildman–Crippen LogP) is 2.73. The van der Waals surface area contributed by atoms with Gasteiger partial charge in [0.25, 0.3) is 0 Å². The van der Waals surface area contributed by atoms with E-state index in [1.54, 1.807) is 0 Å². The molecule has 0 aliphatic rings. The van der Waals surface area contributed by atoms with Gasteiger partial charge in [0.2, 0.25) is 3.79 Å². The largest absolute Gasteiger partial charge is 0.366 e. The molecule has 1 nitrogen and oxygen atoms in total. The van der Waals surface area contributed by atoms with Crippen LogP contribution in [0.2, 0.25) is 0 Å². The summed E-state index contributed by atoms with van der Waals surface area (Å²) in [5.74, 6) is 0. The molecule has 0 aliphatic carbocycles. The van der Waals surface area contributed by atoms with Crippen molar-refractivity contribution in [2.75, 3.05) is 12.1 Å². The van der Waals surface area contributed by atoms with Crippen LogP contribution in [0.1, 0.15) is 0 Å². The lowest BCUT2D eigenvalue weighted by Gasteiger charge is -2.07. The molecule has 0 saturated carbocycles. The molecule has 50 valence electrons. The van der Waals surface area contributed by atoms with Crippen molar-refractivity contribution in [3.05, 3.63) is 0 Å². The normalized spacial score (nSPS) is 12.0. The van der Waals surface area contributed by atoms with Gasteiger partial charge in [0, 0.05) is 0 Å². The van der Waals surface area contributed by atoms with Crippen LogP contribution in [0, 0.1) is 0 Å². The first-order valence-corrected chi connectivity index (χ1v) is 4.02. The molecule has 0 radical (unpaired) electrons. The van der Waals surface area contributed by atoms with Crippen molar-refractivity contribution < 1.29 is 4.74 Å². The molecule has 0 aromatic heterocycles. The summed E-state index contributed by atoms with van der Waals surface area (Å²) in [5.41, 5.74) is 0.390. The molecular formula is C3H4BrCl3O. The average Bonchev–Trinajstić information content (AvgIpc) is 1.59. The number of alkyl halides is 4. The zero-order valence-corrected chi connectivity index (χ0v) is 7.69. The molecule has 0 N–H and O–H groups in total. The van der Waals surface area contributed by atoms with Gasteiger partial charge in [0.15, 0.2) is 0 Å². The van der Waals surface area contributed by atoms with Gasteiger partial charge in [-0.25, -0.2) is 0 Å². The van der Waals surface area contributed by atoms with E-state index in [1.807, 2.05) is 0 Å². The molecule has 0 bridgehead atoms. The van der Waals surface area contributed by atoms with E-state index in [4.69, 9.17) is 39.5 Å². The molecule has 0 spiro atoms. The highest BCUT2D eigenvalue weighted by molar-refractivity contribution is 9.09. The Balaban J connectivity index is 3.11. The van der Waals surface area contributed by atoms with E-state index in [1.165, 1.54) is 0 Å². The SMILES string of the molecule is ClC(Cl)(Cl)COCBr. The minimum atomic E-state index is -1.28. The summed E-state index contributed by atoms with van der Waals surface area (Å²) in [6.45, 7) is 0.114. The second-order valence-corrected chi connectivity index (χ2v) is 4.05. The summed E-state index contributed by atoms with van der Waals surface area (Å²) in [7, 11) is 0. The van der Waals surface area contributed by atoms with Gasteiger partial charge in [-0.2, -0.15) is 0 Å². The minimum absolute atomic E-state index is 0.114. The van der Waals surface area contributed by atoms with E-state index in [9.17, 15) is 0 Å². The highest BCUT2D eigenvalue weighted by Gasteiger charge is 2.18. The smallest absolute Gasteiger partial charge is 0.213 e. The molecule has 0 amide bonds. The van der Waals surface area contributed by atoms with Crippen molar-refractivity contribution in [1.29, 1.82) is 0 Å². The third-order valence-electron chi connectivity index (χ3n) is 0.343. The lowest BCUT2D eigenvalue weighted by Crippen LogP contribution is -2.11. The summed E-state index contributed by atoms with van der Waals surface area (Å²) >= 11 is 18.9. The van der Waals surface area contributed by atoms with E-state index in [0.717, 1.165) is 0 Å². The molecule has 5 heteroatoms. The Morgan fingerprint density at radius 1 is 1.38 bits per heavy atom.